The molecule has 8 nitrogen and oxygen atoms in total. The van der Waals surface area contributed by atoms with Crippen LogP contribution >= 0.6 is 0 Å². The zero-order valence-electron chi connectivity index (χ0n) is 15.9. The van der Waals surface area contributed by atoms with Crippen molar-refractivity contribution in [3.8, 4) is 0 Å². The minimum Gasteiger partial charge on any atom is -0.396 e. The van der Waals surface area contributed by atoms with Gasteiger partial charge in [0.15, 0.2) is 0 Å². The summed E-state index contributed by atoms with van der Waals surface area (Å²) >= 11 is 0. The number of nitrogens with zero attached hydrogens (tertiary/aromatic N) is 4. The summed E-state index contributed by atoms with van der Waals surface area (Å²) in [6.07, 6.45) is 6.85. The first-order valence-electron chi connectivity index (χ1n) is 9.43. The molecule has 0 bridgehead atoms. The highest BCUT2D eigenvalue weighted by atomic mass is 16.5. The van der Waals surface area contributed by atoms with E-state index in [-0.39, 0.29) is 19.1 Å². The van der Waals surface area contributed by atoms with Gasteiger partial charge < -0.3 is 19.7 Å². The number of aromatic nitrogens is 3. The van der Waals surface area contributed by atoms with Crippen molar-refractivity contribution in [3.05, 3.63) is 11.6 Å². The number of aliphatic hydroxyl groups is 2. The first-order valence-corrected chi connectivity index (χ1v) is 9.43. The maximum Gasteiger partial charge on any atom is 0.232 e. The summed E-state index contributed by atoms with van der Waals surface area (Å²) in [5.41, 5.74) is 0. The predicted molar refractivity (Wildman–Crippen MR) is 98.0 cm³/mol. The van der Waals surface area contributed by atoms with Gasteiger partial charge in [0.1, 0.15) is 25.1 Å². The lowest BCUT2D eigenvalue weighted by atomic mass is 9.88. The molecule has 148 valence electrons. The van der Waals surface area contributed by atoms with Crippen LogP contribution in [0.2, 0.25) is 0 Å². The average Bonchev–Trinajstić information content (AvgIpc) is 2.68. The van der Waals surface area contributed by atoms with Crippen molar-refractivity contribution >= 4 is 5.95 Å². The van der Waals surface area contributed by atoms with E-state index in [0.29, 0.717) is 44.0 Å². The molecular weight excluding hydrogens is 336 g/mol. The molecule has 1 aromatic rings. The lowest BCUT2D eigenvalue weighted by Crippen LogP contribution is -2.31. The van der Waals surface area contributed by atoms with Crippen molar-refractivity contribution in [1.29, 1.82) is 0 Å². The van der Waals surface area contributed by atoms with Crippen molar-refractivity contribution in [3.63, 3.8) is 0 Å². The van der Waals surface area contributed by atoms with Gasteiger partial charge in [0, 0.05) is 39.3 Å². The van der Waals surface area contributed by atoms with E-state index in [9.17, 15) is 10.2 Å². The molecule has 2 rings (SSSR count). The van der Waals surface area contributed by atoms with Gasteiger partial charge in [-0.25, -0.2) is 4.98 Å². The van der Waals surface area contributed by atoms with Crippen molar-refractivity contribution in [2.75, 3.05) is 45.8 Å². The summed E-state index contributed by atoms with van der Waals surface area (Å²) in [5, 5.41) is 18.8. The summed E-state index contributed by atoms with van der Waals surface area (Å²) in [7, 11) is 3.24. The van der Waals surface area contributed by atoms with Gasteiger partial charge >= 0.3 is 0 Å². The lowest BCUT2D eigenvalue weighted by molar-refractivity contribution is 0.138. The number of hydrogen-bond donors (Lipinski definition) is 2. The topological polar surface area (TPSA) is 101 Å². The van der Waals surface area contributed by atoms with Gasteiger partial charge in [-0.05, 0) is 25.7 Å². The fourth-order valence-electron chi connectivity index (χ4n) is 3.44. The first kappa shape index (κ1) is 21.0. The van der Waals surface area contributed by atoms with Crippen LogP contribution in [0.15, 0.2) is 0 Å². The SMILES string of the molecule is COCN(COC)c1nc(C(CCO)CCO)nc(C2CCCCC2)n1. The van der Waals surface area contributed by atoms with Crippen LogP contribution in [0.25, 0.3) is 0 Å². The Balaban J connectivity index is 2.39. The van der Waals surface area contributed by atoms with E-state index in [1.54, 1.807) is 14.2 Å². The molecule has 0 atom stereocenters. The number of anilines is 1. The van der Waals surface area contributed by atoms with Crippen LogP contribution in [0.4, 0.5) is 5.95 Å². The molecule has 0 radical (unpaired) electrons. The Labute approximate surface area is 155 Å². The van der Waals surface area contributed by atoms with Crippen LogP contribution in [0.1, 0.15) is 68.4 Å². The lowest BCUT2D eigenvalue weighted by Gasteiger charge is -2.25. The average molecular weight is 368 g/mol. The van der Waals surface area contributed by atoms with Crippen LogP contribution < -0.4 is 4.90 Å². The van der Waals surface area contributed by atoms with Crippen LogP contribution in [-0.2, 0) is 9.47 Å². The monoisotopic (exact) mass is 368 g/mol. The number of aliphatic hydroxyl groups excluding tert-OH is 2. The molecular formula is C18H32N4O4. The van der Waals surface area contributed by atoms with Gasteiger partial charge in [-0.15, -0.1) is 0 Å². The maximum absolute atomic E-state index is 9.39. The Bertz CT molecular complexity index is 480. The summed E-state index contributed by atoms with van der Waals surface area (Å²) in [6.45, 7) is 0.687. The van der Waals surface area contributed by atoms with E-state index in [0.717, 1.165) is 18.7 Å². The van der Waals surface area contributed by atoms with Crippen LogP contribution in [-0.4, -0.2) is 66.1 Å². The Morgan fingerprint density at radius 1 is 0.962 bits per heavy atom. The molecule has 0 aromatic carbocycles. The van der Waals surface area contributed by atoms with Gasteiger partial charge in [0.2, 0.25) is 5.95 Å². The first-order chi connectivity index (χ1) is 12.7. The Morgan fingerprint density at radius 2 is 1.58 bits per heavy atom. The Morgan fingerprint density at radius 3 is 2.12 bits per heavy atom. The molecule has 0 spiro atoms. The van der Waals surface area contributed by atoms with Gasteiger partial charge in [0.05, 0.1) is 0 Å². The molecule has 1 fully saturated rings. The molecule has 1 heterocycles. The molecule has 0 unspecified atom stereocenters. The molecule has 0 aliphatic heterocycles. The van der Waals surface area contributed by atoms with E-state index in [4.69, 9.17) is 19.4 Å². The van der Waals surface area contributed by atoms with E-state index in [1.807, 2.05) is 4.90 Å². The fourth-order valence-corrected chi connectivity index (χ4v) is 3.44. The quantitative estimate of drug-likeness (QED) is 0.570. The fraction of sp³-hybridized carbons (Fsp3) is 0.833. The maximum atomic E-state index is 9.39. The second kappa shape index (κ2) is 11.4. The van der Waals surface area contributed by atoms with E-state index < -0.39 is 0 Å². The third-order valence-corrected chi connectivity index (χ3v) is 4.80. The summed E-state index contributed by atoms with van der Waals surface area (Å²) in [4.78, 5) is 15.9. The second-order valence-corrected chi connectivity index (χ2v) is 6.78. The molecule has 26 heavy (non-hydrogen) atoms. The highest BCUT2D eigenvalue weighted by Crippen LogP contribution is 2.32. The van der Waals surface area contributed by atoms with Gasteiger partial charge in [-0.1, -0.05) is 19.3 Å². The molecule has 1 saturated carbocycles. The highest BCUT2D eigenvalue weighted by molar-refractivity contribution is 5.30. The van der Waals surface area contributed by atoms with E-state index >= 15 is 0 Å². The van der Waals surface area contributed by atoms with Gasteiger partial charge in [-0.3, -0.25) is 4.90 Å². The van der Waals surface area contributed by atoms with Gasteiger partial charge in [0.25, 0.3) is 0 Å². The normalized spacial score (nSPS) is 15.6. The van der Waals surface area contributed by atoms with Crippen molar-refractivity contribution in [2.45, 2.75) is 56.8 Å². The summed E-state index contributed by atoms with van der Waals surface area (Å²) < 4.78 is 10.5. The van der Waals surface area contributed by atoms with Crippen molar-refractivity contribution in [1.82, 2.24) is 15.0 Å². The molecule has 1 aliphatic carbocycles. The van der Waals surface area contributed by atoms with E-state index in [1.165, 1.54) is 19.3 Å². The smallest absolute Gasteiger partial charge is 0.232 e. The van der Waals surface area contributed by atoms with Crippen LogP contribution in [0.5, 0.6) is 0 Å². The van der Waals surface area contributed by atoms with Crippen molar-refractivity contribution < 1.29 is 19.7 Å². The Hall–Kier alpha value is -1.35. The zero-order chi connectivity index (χ0) is 18.8. The molecule has 0 saturated heterocycles. The minimum absolute atomic E-state index is 0.0320. The highest BCUT2D eigenvalue weighted by Gasteiger charge is 2.24. The van der Waals surface area contributed by atoms with Crippen LogP contribution in [0.3, 0.4) is 0 Å². The molecule has 0 amide bonds. The predicted octanol–water partition coefficient (Wildman–Crippen LogP) is 1.78. The number of ether oxygens (including phenoxy) is 2. The Kier molecular flexibility index (Phi) is 9.17. The third-order valence-electron chi connectivity index (χ3n) is 4.80. The number of hydrogen-bond acceptors (Lipinski definition) is 8. The van der Waals surface area contributed by atoms with Crippen LogP contribution in [0, 0.1) is 0 Å². The molecule has 1 aromatic heterocycles. The number of methoxy groups -OCH3 is 2. The van der Waals surface area contributed by atoms with E-state index in [2.05, 4.69) is 4.98 Å². The van der Waals surface area contributed by atoms with Gasteiger partial charge in [-0.2, -0.15) is 9.97 Å². The summed E-state index contributed by atoms with van der Waals surface area (Å²) in [5.74, 6) is 2.21. The minimum atomic E-state index is -0.0963. The zero-order valence-corrected chi connectivity index (χ0v) is 15.9. The standard InChI is InChI=1S/C18H32N4O4/c1-25-12-22(13-26-2)18-20-16(14-6-4-3-5-7-14)19-17(21-18)15(8-10-23)9-11-24/h14-15,23-24H,3-13H2,1-2H3. The molecule has 8 heteroatoms. The molecule has 2 N–H and O–H groups in total. The summed E-state index contributed by atoms with van der Waals surface area (Å²) in [6, 6.07) is 0. The number of rotatable bonds is 11. The second-order valence-electron chi connectivity index (χ2n) is 6.78. The third kappa shape index (κ3) is 5.84. The van der Waals surface area contributed by atoms with Crippen molar-refractivity contribution in [2.24, 2.45) is 0 Å². The molecule has 1 aliphatic rings. The largest absolute Gasteiger partial charge is 0.396 e.